The number of guanidine groups is 1. The molecule has 0 fully saturated rings. The number of nitrogens with one attached hydrogen (secondary N) is 2. The molecule has 6 nitrogen and oxygen atoms in total. The molecule has 0 atom stereocenters. The second-order valence-corrected chi connectivity index (χ2v) is 6.46. The van der Waals surface area contributed by atoms with Gasteiger partial charge in [0.25, 0.3) is 0 Å². The first-order valence-electron chi connectivity index (χ1n) is 9.69. The van der Waals surface area contributed by atoms with Gasteiger partial charge in [-0.05, 0) is 42.3 Å². The maximum atomic E-state index is 13.0. The number of nitrogens with zero attached hydrogens (tertiary/aromatic N) is 2. The van der Waals surface area contributed by atoms with E-state index in [0.29, 0.717) is 30.7 Å². The van der Waals surface area contributed by atoms with Gasteiger partial charge in [-0.1, -0.05) is 24.3 Å². The van der Waals surface area contributed by atoms with Gasteiger partial charge >= 0.3 is 0 Å². The number of halogens is 1. The van der Waals surface area contributed by atoms with E-state index in [9.17, 15) is 4.39 Å². The van der Waals surface area contributed by atoms with Crippen molar-refractivity contribution in [3.05, 3.63) is 83.8 Å². The lowest BCUT2D eigenvalue weighted by molar-refractivity contribution is 0.407. The monoisotopic (exact) mass is 408 g/mol. The van der Waals surface area contributed by atoms with Crippen molar-refractivity contribution in [2.75, 3.05) is 13.7 Å². The third kappa shape index (κ3) is 6.48. The minimum Gasteiger partial charge on any atom is -0.497 e. The minimum absolute atomic E-state index is 0.245. The Morgan fingerprint density at radius 3 is 2.47 bits per heavy atom. The Kier molecular flexibility index (Phi) is 7.60. The molecular weight excluding hydrogens is 383 g/mol. The highest BCUT2D eigenvalue weighted by atomic mass is 19.1. The van der Waals surface area contributed by atoms with Crippen molar-refractivity contribution in [2.24, 2.45) is 4.99 Å². The molecule has 1 aromatic heterocycles. The molecule has 3 rings (SSSR count). The molecule has 156 valence electrons. The molecule has 1 heterocycles. The molecule has 0 unspecified atom stereocenters. The van der Waals surface area contributed by atoms with Crippen LogP contribution in [0.2, 0.25) is 0 Å². The highest BCUT2D eigenvalue weighted by Crippen LogP contribution is 2.23. The predicted octanol–water partition coefficient (Wildman–Crippen LogP) is 4.28. The molecular formula is C23H25FN4O2. The molecule has 3 aromatic rings. The second kappa shape index (κ2) is 10.8. The smallest absolute Gasteiger partial charge is 0.219 e. The van der Waals surface area contributed by atoms with Crippen LogP contribution in [-0.4, -0.2) is 24.6 Å². The molecule has 0 saturated heterocycles. The van der Waals surface area contributed by atoms with E-state index in [4.69, 9.17) is 9.47 Å². The maximum absolute atomic E-state index is 13.0. The van der Waals surface area contributed by atoms with Crippen molar-refractivity contribution in [2.45, 2.75) is 20.0 Å². The SMILES string of the molecule is CCNC(=NCc1ccc(Oc2cccc(OC)c2)nc1)NCc1ccc(F)cc1. The number of benzene rings is 2. The van der Waals surface area contributed by atoms with E-state index in [0.717, 1.165) is 23.4 Å². The topological polar surface area (TPSA) is 67.8 Å². The highest BCUT2D eigenvalue weighted by molar-refractivity contribution is 5.79. The summed E-state index contributed by atoms with van der Waals surface area (Å²) < 4.78 is 24.0. The van der Waals surface area contributed by atoms with E-state index < -0.39 is 0 Å². The van der Waals surface area contributed by atoms with Crippen molar-refractivity contribution in [1.29, 1.82) is 0 Å². The van der Waals surface area contributed by atoms with E-state index in [-0.39, 0.29) is 5.82 Å². The Morgan fingerprint density at radius 2 is 1.77 bits per heavy atom. The molecule has 0 spiro atoms. The summed E-state index contributed by atoms with van der Waals surface area (Å²) in [5.74, 6) is 2.32. The van der Waals surface area contributed by atoms with E-state index in [1.807, 2.05) is 37.3 Å². The average Bonchev–Trinajstić information content (AvgIpc) is 2.78. The molecule has 0 aliphatic carbocycles. The summed E-state index contributed by atoms with van der Waals surface area (Å²) in [7, 11) is 1.61. The number of aliphatic imine (C=N–C) groups is 1. The Labute approximate surface area is 175 Å². The number of ether oxygens (including phenoxy) is 2. The van der Waals surface area contributed by atoms with Gasteiger partial charge < -0.3 is 20.1 Å². The van der Waals surface area contributed by atoms with Crippen LogP contribution in [0.15, 0.2) is 71.9 Å². The number of hydrogen-bond donors (Lipinski definition) is 2. The molecule has 0 aliphatic rings. The zero-order valence-electron chi connectivity index (χ0n) is 17.1. The lowest BCUT2D eigenvalue weighted by Gasteiger charge is -2.11. The Hall–Kier alpha value is -3.61. The van der Waals surface area contributed by atoms with Crippen LogP contribution in [0.25, 0.3) is 0 Å². The normalized spacial score (nSPS) is 11.1. The van der Waals surface area contributed by atoms with Crippen molar-refractivity contribution < 1.29 is 13.9 Å². The van der Waals surface area contributed by atoms with Crippen molar-refractivity contribution in [3.8, 4) is 17.4 Å². The summed E-state index contributed by atoms with van der Waals surface area (Å²) >= 11 is 0. The zero-order chi connectivity index (χ0) is 21.2. The fourth-order valence-electron chi connectivity index (χ4n) is 2.65. The van der Waals surface area contributed by atoms with Crippen LogP contribution in [-0.2, 0) is 13.1 Å². The predicted molar refractivity (Wildman–Crippen MR) is 115 cm³/mol. The summed E-state index contributed by atoms with van der Waals surface area (Å²) in [5, 5.41) is 6.44. The van der Waals surface area contributed by atoms with Crippen LogP contribution in [0, 0.1) is 5.82 Å². The molecule has 30 heavy (non-hydrogen) atoms. The van der Waals surface area contributed by atoms with Crippen LogP contribution in [0.4, 0.5) is 4.39 Å². The lowest BCUT2D eigenvalue weighted by Crippen LogP contribution is -2.36. The molecule has 0 saturated carbocycles. The Balaban J connectivity index is 1.57. The summed E-state index contributed by atoms with van der Waals surface area (Å²) in [6.45, 7) is 3.76. The van der Waals surface area contributed by atoms with Gasteiger partial charge in [-0.3, -0.25) is 0 Å². The molecule has 0 aliphatic heterocycles. The van der Waals surface area contributed by atoms with Gasteiger partial charge in [0, 0.05) is 31.4 Å². The number of aromatic nitrogens is 1. The highest BCUT2D eigenvalue weighted by Gasteiger charge is 2.03. The summed E-state index contributed by atoms with van der Waals surface area (Å²) in [4.78, 5) is 8.92. The molecule has 0 amide bonds. The Morgan fingerprint density at radius 1 is 1.00 bits per heavy atom. The van der Waals surface area contributed by atoms with Gasteiger partial charge in [0.2, 0.25) is 5.88 Å². The first-order chi connectivity index (χ1) is 14.7. The van der Waals surface area contributed by atoms with E-state index in [1.54, 1.807) is 31.5 Å². The maximum Gasteiger partial charge on any atom is 0.219 e. The van der Waals surface area contributed by atoms with Gasteiger partial charge in [-0.15, -0.1) is 0 Å². The number of hydrogen-bond acceptors (Lipinski definition) is 4. The van der Waals surface area contributed by atoms with Crippen molar-refractivity contribution in [3.63, 3.8) is 0 Å². The molecule has 0 radical (unpaired) electrons. The minimum atomic E-state index is -0.245. The molecule has 2 aromatic carbocycles. The second-order valence-electron chi connectivity index (χ2n) is 6.46. The van der Waals surface area contributed by atoms with Gasteiger partial charge in [0.15, 0.2) is 5.96 Å². The lowest BCUT2D eigenvalue weighted by atomic mass is 10.2. The molecule has 0 bridgehead atoms. The standard InChI is InChI=1S/C23H25FN4O2/c1-3-25-23(27-14-17-7-10-19(24)11-8-17)28-16-18-9-12-22(26-15-18)30-21-6-4-5-20(13-21)29-2/h4-13,15H,3,14,16H2,1-2H3,(H2,25,27,28). The van der Waals surface area contributed by atoms with E-state index >= 15 is 0 Å². The number of rotatable bonds is 8. The first kappa shape index (κ1) is 21.1. The third-order valence-electron chi connectivity index (χ3n) is 4.20. The molecule has 7 heteroatoms. The van der Waals surface area contributed by atoms with Crippen LogP contribution >= 0.6 is 0 Å². The van der Waals surface area contributed by atoms with E-state index in [1.165, 1.54) is 12.1 Å². The quantitative estimate of drug-likeness (QED) is 0.430. The fourth-order valence-corrected chi connectivity index (χ4v) is 2.65. The largest absolute Gasteiger partial charge is 0.497 e. The fraction of sp³-hybridized carbons (Fsp3) is 0.217. The summed E-state index contributed by atoms with van der Waals surface area (Å²) in [6, 6.07) is 17.5. The van der Waals surface area contributed by atoms with Crippen LogP contribution in [0.3, 0.4) is 0 Å². The summed E-state index contributed by atoms with van der Waals surface area (Å²) in [6.07, 6.45) is 1.74. The number of methoxy groups -OCH3 is 1. The van der Waals surface area contributed by atoms with E-state index in [2.05, 4.69) is 20.6 Å². The van der Waals surface area contributed by atoms with Gasteiger partial charge in [-0.2, -0.15) is 0 Å². The van der Waals surface area contributed by atoms with Crippen molar-refractivity contribution in [1.82, 2.24) is 15.6 Å². The van der Waals surface area contributed by atoms with Gasteiger partial charge in [0.1, 0.15) is 17.3 Å². The van der Waals surface area contributed by atoms with Gasteiger partial charge in [0.05, 0.1) is 13.7 Å². The zero-order valence-corrected chi connectivity index (χ0v) is 17.1. The Bertz CT molecular complexity index is 960. The van der Waals surface area contributed by atoms with Crippen LogP contribution in [0.1, 0.15) is 18.1 Å². The van der Waals surface area contributed by atoms with Crippen LogP contribution in [0.5, 0.6) is 17.4 Å². The van der Waals surface area contributed by atoms with Gasteiger partial charge in [-0.25, -0.2) is 14.4 Å². The number of pyridine rings is 1. The molecule has 2 N–H and O–H groups in total. The average molecular weight is 408 g/mol. The van der Waals surface area contributed by atoms with Crippen molar-refractivity contribution >= 4 is 5.96 Å². The first-order valence-corrected chi connectivity index (χ1v) is 9.69. The summed E-state index contributed by atoms with van der Waals surface area (Å²) in [5.41, 5.74) is 1.93. The third-order valence-corrected chi connectivity index (χ3v) is 4.20. The van der Waals surface area contributed by atoms with Crippen LogP contribution < -0.4 is 20.1 Å².